The quantitative estimate of drug-likeness (QED) is 0.310. The lowest BCUT2D eigenvalue weighted by molar-refractivity contribution is -0.138. The summed E-state index contributed by atoms with van der Waals surface area (Å²) in [6.07, 6.45) is -6.22. The van der Waals surface area contributed by atoms with Crippen molar-refractivity contribution in [1.29, 1.82) is 0 Å². The molecule has 0 saturated carbocycles. The molecule has 0 saturated heterocycles. The molecule has 2 nitrogen and oxygen atoms in total. The van der Waals surface area contributed by atoms with Gasteiger partial charge in [-0.3, -0.25) is 4.31 Å². The molecule has 0 spiro atoms. The number of aromatic nitrogens is 1. The van der Waals surface area contributed by atoms with E-state index in [1.165, 1.54) is 36.5 Å². The van der Waals surface area contributed by atoms with Crippen LogP contribution < -0.4 is 0 Å². The highest BCUT2D eigenvalue weighted by molar-refractivity contribution is 8.22. The fourth-order valence-electron chi connectivity index (χ4n) is 4.21. The number of alkyl halides is 6. The molecule has 2 aromatic carbocycles. The number of allylic oxidation sites excluding steroid dienone is 2. The number of hydrogen-bond donors (Lipinski definition) is 0. The zero-order valence-electron chi connectivity index (χ0n) is 17.9. The SMILES string of the molecule is CC1=C2C=C(c3ccc(C(F)(F)F)cc3)CN2S(F)(F)n2cc(-c3ccc(C(F)(F)F)cc3)cc21. The first-order valence-electron chi connectivity index (χ1n) is 10.3. The molecule has 35 heavy (non-hydrogen) atoms. The molecule has 2 aliphatic rings. The van der Waals surface area contributed by atoms with Crippen LogP contribution in [0.3, 0.4) is 0 Å². The summed E-state index contributed by atoms with van der Waals surface area (Å²) < 4.78 is 110. The maximum absolute atomic E-state index is 15.6. The van der Waals surface area contributed by atoms with Gasteiger partial charge in [-0.2, -0.15) is 26.3 Å². The number of rotatable bonds is 2. The number of nitrogens with zero attached hydrogens (tertiary/aromatic N) is 2. The van der Waals surface area contributed by atoms with Crippen LogP contribution in [-0.2, 0) is 12.4 Å². The molecule has 0 aliphatic carbocycles. The molecule has 0 unspecified atom stereocenters. The maximum atomic E-state index is 15.6. The second-order valence-electron chi connectivity index (χ2n) is 8.22. The minimum absolute atomic E-state index is 0.187. The Morgan fingerprint density at radius 3 is 1.77 bits per heavy atom. The average Bonchev–Trinajstić information content (AvgIpc) is 3.44. The highest BCUT2D eigenvalue weighted by atomic mass is 32.3. The molecule has 0 atom stereocenters. The second-order valence-corrected chi connectivity index (χ2v) is 9.89. The first kappa shape index (κ1) is 23.5. The summed E-state index contributed by atoms with van der Waals surface area (Å²) in [7, 11) is 0. The summed E-state index contributed by atoms with van der Waals surface area (Å²) in [5.41, 5.74) is 0.982. The van der Waals surface area contributed by atoms with E-state index in [0.717, 1.165) is 32.5 Å². The van der Waals surface area contributed by atoms with Gasteiger partial charge in [0.15, 0.2) is 0 Å². The van der Waals surface area contributed by atoms with Gasteiger partial charge in [-0.1, -0.05) is 24.3 Å². The Kier molecular flexibility index (Phi) is 5.14. The Morgan fingerprint density at radius 2 is 1.26 bits per heavy atom. The Morgan fingerprint density at radius 1 is 0.743 bits per heavy atom. The maximum Gasteiger partial charge on any atom is 0.416 e. The van der Waals surface area contributed by atoms with E-state index in [1.807, 2.05) is 0 Å². The summed E-state index contributed by atoms with van der Waals surface area (Å²) in [4.78, 5) is 0. The summed E-state index contributed by atoms with van der Waals surface area (Å²) in [5.74, 6) is 0. The fourth-order valence-corrected chi connectivity index (χ4v) is 5.81. The van der Waals surface area contributed by atoms with Crippen molar-refractivity contribution < 1.29 is 34.1 Å². The van der Waals surface area contributed by atoms with Gasteiger partial charge in [-0.05, 0) is 65.6 Å². The van der Waals surface area contributed by atoms with Crippen LogP contribution in [-0.4, -0.2) is 14.8 Å². The molecule has 0 fully saturated rings. The van der Waals surface area contributed by atoms with Crippen molar-refractivity contribution >= 4 is 22.3 Å². The van der Waals surface area contributed by atoms with Crippen molar-refractivity contribution in [2.75, 3.05) is 6.54 Å². The average molecular weight is 516 g/mol. The van der Waals surface area contributed by atoms with Gasteiger partial charge < -0.3 is 0 Å². The molecular weight excluding hydrogens is 500 g/mol. The van der Waals surface area contributed by atoms with Crippen LogP contribution in [0.4, 0.5) is 34.1 Å². The van der Waals surface area contributed by atoms with Gasteiger partial charge in [0.25, 0.3) is 0 Å². The minimum atomic E-state index is -4.56. The minimum Gasteiger partial charge on any atom is -0.265 e. The van der Waals surface area contributed by atoms with Gasteiger partial charge in [0.05, 0.1) is 29.1 Å². The molecule has 1 aromatic heterocycles. The number of benzene rings is 2. The predicted molar refractivity (Wildman–Crippen MR) is 119 cm³/mol. The van der Waals surface area contributed by atoms with Gasteiger partial charge in [0.2, 0.25) is 11.2 Å². The number of fused-ring (bicyclic) bond motifs is 2. The molecule has 0 bridgehead atoms. The molecule has 0 radical (unpaired) electrons. The topological polar surface area (TPSA) is 8.17 Å². The lowest BCUT2D eigenvalue weighted by Crippen LogP contribution is -2.28. The van der Waals surface area contributed by atoms with Crippen LogP contribution in [0.2, 0.25) is 0 Å². The lowest BCUT2D eigenvalue weighted by Gasteiger charge is -2.39. The third-order valence-electron chi connectivity index (χ3n) is 6.08. The van der Waals surface area contributed by atoms with E-state index in [0.29, 0.717) is 27.8 Å². The number of halogens is 8. The van der Waals surface area contributed by atoms with Gasteiger partial charge in [-0.15, -0.1) is 7.77 Å². The Labute approximate surface area is 196 Å². The van der Waals surface area contributed by atoms with Crippen molar-refractivity contribution in [3.8, 4) is 11.1 Å². The summed E-state index contributed by atoms with van der Waals surface area (Å²) in [6.45, 7) is 1.47. The summed E-state index contributed by atoms with van der Waals surface area (Å²) in [6, 6.07) is 10.2. The van der Waals surface area contributed by atoms with E-state index in [-0.39, 0.29) is 17.9 Å². The molecular formula is C24H16F8N2S. The van der Waals surface area contributed by atoms with Crippen molar-refractivity contribution in [2.45, 2.75) is 19.3 Å². The largest absolute Gasteiger partial charge is 0.416 e. The van der Waals surface area contributed by atoms with Gasteiger partial charge in [-0.25, -0.2) is 3.97 Å². The van der Waals surface area contributed by atoms with Crippen molar-refractivity contribution in [2.24, 2.45) is 0 Å². The zero-order chi connectivity index (χ0) is 25.3. The molecule has 3 heterocycles. The van der Waals surface area contributed by atoms with E-state index >= 15 is 7.77 Å². The van der Waals surface area contributed by atoms with E-state index in [1.54, 1.807) is 13.0 Å². The molecule has 5 rings (SSSR count). The van der Waals surface area contributed by atoms with Gasteiger partial charge >= 0.3 is 12.4 Å². The summed E-state index contributed by atoms with van der Waals surface area (Å²) in [5, 5.41) is 0. The third-order valence-corrected chi connectivity index (χ3v) is 7.71. The highest BCUT2D eigenvalue weighted by Crippen LogP contribution is 2.65. The van der Waals surface area contributed by atoms with Crippen LogP contribution in [0.15, 0.2) is 72.6 Å². The smallest absolute Gasteiger partial charge is 0.265 e. The Bertz CT molecular complexity index is 1360. The fraction of sp³-hybridized carbons (Fsp3) is 0.167. The van der Waals surface area contributed by atoms with E-state index in [4.69, 9.17) is 0 Å². The second kappa shape index (κ2) is 7.64. The predicted octanol–water partition coefficient (Wildman–Crippen LogP) is 8.59. The lowest BCUT2D eigenvalue weighted by atomic mass is 10.0. The van der Waals surface area contributed by atoms with Gasteiger partial charge in [0, 0.05) is 11.8 Å². The standard InChI is InChI=1S/C24H16F8N2S/c1-14-21-10-17(15-2-6-19(7-3-15)23(25,26)27)12-33(21)35(31,32)34-13-18(11-22(14)34)16-4-8-20(9-5-16)24(28,29)30/h2-12H,13H2,1H3. The molecule has 0 N–H and O–H groups in total. The third kappa shape index (κ3) is 3.91. The van der Waals surface area contributed by atoms with Crippen LogP contribution in [0.25, 0.3) is 22.3 Å². The zero-order valence-corrected chi connectivity index (χ0v) is 18.7. The van der Waals surface area contributed by atoms with E-state index in [2.05, 4.69) is 0 Å². The molecule has 184 valence electrons. The Balaban J connectivity index is 1.52. The molecule has 2 aliphatic heterocycles. The Hall–Kier alpha value is -3.21. The van der Waals surface area contributed by atoms with Crippen LogP contribution in [0, 0.1) is 0 Å². The van der Waals surface area contributed by atoms with Crippen LogP contribution >= 0.6 is 11.2 Å². The van der Waals surface area contributed by atoms with Crippen molar-refractivity contribution in [3.05, 3.63) is 95.0 Å². The van der Waals surface area contributed by atoms with Crippen LogP contribution in [0.5, 0.6) is 0 Å². The molecule has 0 amide bonds. The molecule has 3 aromatic rings. The van der Waals surface area contributed by atoms with Crippen molar-refractivity contribution in [1.82, 2.24) is 8.28 Å². The highest BCUT2D eigenvalue weighted by Gasteiger charge is 2.44. The first-order valence-corrected chi connectivity index (χ1v) is 11.6. The van der Waals surface area contributed by atoms with Crippen LogP contribution in [0.1, 0.15) is 29.3 Å². The van der Waals surface area contributed by atoms with E-state index < -0.39 is 34.7 Å². The summed E-state index contributed by atoms with van der Waals surface area (Å²) >= 11 is -4.56. The van der Waals surface area contributed by atoms with Crippen molar-refractivity contribution in [3.63, 3.8) is 0 Å². The molecule has 11 heteroatoms. The monoisotopic (exact) mass is 516 g/mol. The normalized spacial score (nSPS) is 18.3. The van der Waals surface area contributed by atoms with Gasteiger partial charge in [0.1, 0.15) is 0 Å². The first-order chi connectivity index (χ1) is 16.3. The number of hydrogen-bond acceptors (Lipinski definition) is 1. The van der Waals surface area contributed by atoms with E-state index in [9.17, 15) is 26.3 Å².